The van der Waals surface area contributed by atoms with Crippen molar-refractivity contribution in [1.82, 2.24) is 19.7 Å². The summed E-state index contributed by atoms with van der Waals surface area (Å²) in [6, 6.07) is 4.19. The number of amides is 2. The average Bonchev–Trinajstić information content (AvgIpc) is 3.14. The monoisotopic (exact) mass is 575 g/mol. The van der Waals surface area contributed by atoms with E-state index in [1.165, 1.54) is 18.2 Å². The molecule has 1 aromatic carbocycles. The zero-order valence-electron chi connectivity index (χ0n) is 22.5. The quantitative estimate of drug-likeness (QED) is 0.505. The van der Waals surface area contributed by atoms with Crippen molar-refractivity contribution >= 4 is 40.8 Å². The van der Waals surface area contributed by atoms with Crippen LogP contribution in [0.15, 0.2) is 30.9 Å². The van der Waals surface area contributed by atoms with Gasteiger partial charge in [0.2, 0.25) is 5.91 Å². The minimum atomic E-state index is -0.578. The molecule has 0 spiro atoms. The van der Waals surface area contributed by atoms with Crippen molar-refractivity contribution in [2.75, 3.05) is 51.8 Å². The van der Waals surface area contributed by atoms with E-state index in [9.17, 15) is 9.59 Å². The first-order valence-electron chi connectivity index (χ1n) is 12.9. The lowest BCUT2D eigenvalue weighted by molar-refractivity contribution is -0.128. The maximum Gasteiger partial charge on any atom is 0.261 e. The number of pyridine rings is 1. The molecule has 0 radical (unpaired) electrons. The van der Waals surface area contributed by atoms with E-state index in [1.807, 2.05) is 14.1 Å². The lowest BCUT2D eigenvalue weighted by Gasteiger charge is -2.40. The van der Waals surface area contributed by atoms with Crippen molar-refractivity contribution in [1.29, 1.82) is 0 Å². The molecule has 2 amide bonds. The molecule has 1 aromatic heterocycles. The van der Waals surface area contributed by atoms with Crippen LogP contribution in [0.2, 0.25) is 10.0 Å². The number of fused-ring (bicyclic) bond motifs is 2. The zero-order valence-corrected chi connectivity index (χ0v) is 24.0. The number of ether oxygens (including phenoxy) is 1. The topological polar surface area (TPSA) is 69.2 Å². The van der Waals surface area contributed by atoms with Crippen molar-refractivity contribution in [2.24, 2.45) is 0 Å². The Labute approximate surface area is 237 Å². The van der Waals surface area contributed by atoms with Gasteiger partial charge in [0.15, 0.2) is 5.75 Å². The van der Waals surface area contributed by atoms with Crippen molar-refractivity contribution in [3.8, 4) is 17.0 Å². The van der Waals surface area contributed by atoms with E-state index in [1.54, 1.807) is 15.9 Å². The Morgan fingerprint density at radius 1 is 1.23 bits per heavy atom. The summed E-state index contributed by atoms with van der Waals surface area (Å²) in [5.41, 5.74) is 0.0413. The SMILES string of the molecule is C=CC(=O)N1CCN2C(=O)c3c(N4CC(N(C)C)CC4(C)C)nc(-c4c(F)cccc4Cl)c(Cl)c3OC[C@H]2C1. The molecule has 2 saturated heterocycles. The predicted octanol–water partition coefficient (Wildman–Crippen LogP) is 4.34. The predicted molar refractivity (Wildman–Crippen MR) is 150 cm³/mol. The number of carbonyl (C=O) groups is 2. The minimum absolute atomic E-state index is 0.0223. The molecular formula is C28H32Cl2FN5O3. The van der Waals surface area contributed by atoms with Crippen LogP contribution in [0.3, 0.4) is 0 Å². The van der Waals surface area contributed by atoms with Crippen LogP contribution >= 0.6 is 23.2 Å². The summed E-state index contributed by atoms with van der Waals surface area (Å²) < 4.78 is 21.4. The molecule has 1 unspecified atom stereocenters. The molecule has 2 fully saturated rings. The lowest BCUT2D eigenvalue weighted by Crippen LogP contribution is -2.57. The van der Waals surface area contributed by atoms with Crippen LogP contribution < -0.4 is 9.64 Å². The molecule has 2 aromatic rings. The highest BCUT2D eigenvalue weighted by atomic mass is 35.5. The molecule has 208 valence electrons. The van der Waals surface area contributed by atoms with Gasteiger partial charge in [0, 0.05) is 37.8 Å². The van der Waals surface area contributed by atoms with Crippen LogP contribution in [0.25, 0.3) is 11.3 Å². The number of rotatable bonds is 4. The number of hydrogen-bond donors (Lipinski definition) is 0. The lowest BCUT2D eigenvalue weighted by atomic mass is 9.99. The molecule has 0 saturated carbocycles. The van der Waals surface area contributed by atoms with Gasteiger partial charge in [0.25, 0.3) is 5.91 Å². The Balaban J connectivity index is 1.70. The molecule has 0 N–H and O–H groups in total. The van der Waals surface area contributed by atoms with Crippen molar-refractivity contribution in [2.45, 2.75) is 37.9 Å². The third-order valence-corrected chi connectivity index (χ3v) is 8.65. The van der Waals surface area contributed by atoms with Gasteiger partial charge in [0.05, 0.1) is 22.3 Å². The second-order valence-corrected chi connectivity index (χ2v) is 11.9. The molecule has 3 aliphatic rings. The van der Waals surface area contributed by atoms with Crippen LogP contribution in [0.5, 0.6) is 5.75 Å². The molecule has 4 heterocycles. The molecule has 39 heavy (non-hydrogen) atoms. The number of benzene rings is 1. The largest absolute Gasteiger partial charge is 0.489 e. The fraction of sp³-hybridized carbons (Fsp3) is 0.464. The summed E-state index contributed by atoms with van der Waals surface area (Å²) in [7, 11) is 4.04. The van der Waals surface area contributed by atoms with Crippen molar-refractivity contribution < 1.29 is 18.7 Å². The van der Waals surface area contributed by atoms with Crippen LogP contribution in [-0.4, -0.2) is 96.0 Å². The van der Waals surface area contributed by atoms with Gasteiger partial charge in [-0.05, 0) is 52.6 Å². The van der Waals surface area contributed by atoms with Gasteiger partial charge >= 0.3 is 0 Å². The van der Waals surface area contributed by atoms with E-state index >= 15 is 4.39 Å². The van der Waals surface area contributed by atoms with Gasteiger partial charge in [-0.2, -0.15) is 0 Å². The Bertz CT molecular complexity index is 1330. The van der Waals surface area contributed by atoms with Gasteiger partial charge < -0.3 is 24.3 Å². The van der Waals surface area contributed by atoms with Crippen LogP contribution in [0.4, 0.5) is 10.2 Å². The van der Waals surface area contributed by atoms with Gasteiger partial charge in [-0.25, -0.2) is 9.37 Å². The Kier molecular flexibility index (Phi) is 7.28. The molecule has 3 aliphatic heterocycles. The number of carbonyl (C=O) groups excluding carboxylic acids is 2. The highest BCUT2D eigenvalue weighted by molar-refractivity contribution is 6.37. The van der Waals surface area contributed by atoms with E-state index in [0.29, 0.717) is 32.0 Å². The second kappa shape index (κ2) is 10.3. The van der Waals surface area contributed by atoms with Gasteiger partial charge in [-0.15, -0.1) is 0 Å². The minimum Gasteiger partial charge on any atom is -0.489 e. The molecule has 5 rings (SSSR count). The summed E-state index contributed by atoms with van der Waals surface area (Å²) in [6.45, 7) is 9.48. The molecule has 2 atom stereocenters. The fourth-order valence-electron chi connectivity index (χ4n) is 5.79. The number of halogens is 3. The van der Waals surface area contributed by atoms with Crippen molar-refractivity contribution in [3.05, 3.63) is 52.3 Å². The Hall–Kier alpha value is -2.88. The Morgan fingerprint density at radius 3 is 2.62 bits per heavy atom. The normalized spacial score (nSPS) is 22.4. The number of piperazine rings is 1. The van der Waals surface area contributed by atoms with E-state index in [4.69, 9.17) is 32.9 Å². The third-order valence-electron chi connectivity index (χ3n) is 7.98. The van der Waals surface area contributed by atoms with Crippen LogP contribution in [0.1, 0.15) is 30.6 Å². The summed E-state index contributed by atoms with van der Waals surface area (Å²) in [5.74, 6) is -0.521. The van der Waals surface area contributed by atoms with Gasteiger partial charge in [-0.3, -0.25) is 9.59 Å². The summed E-state index contributed by atoms with van der Waals surface area (Å²) in [5, 5.41) is 0.173. The Morgan fingerprint density at radius 2 is 1.97 bits per heavy atom. The fourth-order valence-corrected chi connectivity index (χ4v) is 6.33. The first-order valence-corrected chi connectivity index (χ1v) is 13.7. The summed E-state index contributed by atoms with van der Waals surface area (Å²) in [6.07, 6.45) is 2.10. The molecule has 0 bridgehead atoms. The second-order valence-electron chi connectivity index (χ2n) is 11.1. The number of nitrogens with zero attached hydrogens (tertiary/aromatic N) is 5. The number of aromatic nitrogens is 1. The first-order chi connectivity index (χ1) is 18.4. The van der Waals surface area contributed by atoms with E-state index in [0.717, 1.165) is 6.42 Å². The maximum atomic E-state index is 15.2. The summed E-state index contributed by atoms with van der Waals surface area (Å²) >= 11 is 13.3. The number of hydrogen-bond acceptors (Lipinski definition) is 6. The molecule has 11 heteroatoms. The smallest absolute Gasteiger partial charge is 0.261 e. The van der Waals surface area contributed by atoms with Gasteiger partial charge in [-0.1, -0.05) is 35.8 Å². The molecule has 8 nitrogen and oxygen atoms in total. The third kappa shape index (κ3) is 4.74. The molecule has 0 aliphatic carbocycles. The highest BCUT2D eigenvalue weighted by Gasteiger charge is 2.46. The van der Waals surface area contributed by atoms with Gasteiger partial charge in [0.1, 0.15) is 28.8 Å². The van der Waals surface area contributed by atoms with Crippen LogP contribution in [0, 0.1) is 5.82 Å². The van der Waals surface area contributed by atoms with E-state index in [-0.39, 0.29) is 62.6 Å². The van der Waals surface area contributed by atoms with Crippen molar-refractivity contribution in [3.63, 3.8) is 0 Å². The zero-order chi connectivity index (χ0) is 28.2. The number of anilines is 1. The molecular weight excluding hydrogens is 544 g/mol. The number of likely N-dealkylation sites (N-methyl/N-ethyl adjacent to an activating group) is 1. The van der Waals surface area contributed by atoms with Crippen LogP contribution in [-0.2, 0) is 4.79 Å². The highest BCUT2D eigenvalue weighted by Crippen LogP contribution is 2.48. The van der Waals surface area contributed by atoms with E-state index in [2.05, 4.69) is 30.2 Å². The summed E-state index contributed by atoms with van der Waals surface area (Å²) in [4.78, 5) is 39.0. The standard InChI is InChI=1S/C28H32Cl2FN5O3/c1-6-20(37)34-10-11-35-17(13-34)15-39-25-22(27(35)38)26(36-14-16(33(4)5)12-28(36,2)3)32-24(23(25)30)21-18(29)8-7-9-19(21)31/h6-9,16-17H,1,10-15H2,2-5H3/t16?,17-/m1/s1. The first kappa shape index (κ1) is 27.7. The maximum absolute atomic E-state index is 15.2. The van der Waals surface area contributed by atoms with E-state index < -0.39 is 11.9 Å². The average molecular weight is 577 g/mol.